The molecule has 0 heterocycles. The van der Waals surface area contributed by atoms with E-state index in [0.717, 1.165) is 12.8 Å². The van der Waals surface area contributed by atoms with Crippen molar-refractivity contribution in [2.75, 3.05) is 19.6 Å². The second kappa shape index (κ2) is 20.2. The highest BCUT2D eigenvalue weighted by Gasteiger charge is 2.29. The molecule has 0 rings (SSSR count). The van der Waals surface area contributed by atoms with Gasteiger partial charge in [-0.3, -0.25) is 14.1 Å². The number of rotatable bonds is 24. The van der Waals surface area contributed by atoms with Crippen LogP contribution in [-0.4, -0.2) is 52.2 Å². The molecule has 0 saturated heterocycles. The highest BCUT2D eigenvalue weighted by molar-refractivity contribution is 5.69. The molecule has 7 heteroatoms. The number of carboxylic acids is 3. The average Bonchev–Trinajstić information content (AvgIpc) is 2.84. The van der Waals surface area contributed by atoms with Crippen molar-refractivity contribution in [2.45, 2.75) is 118 Å². The first-order valence-corrected chi connectivity index (χ1v) is 14.2. The average molecular weight is 512 g/mol. The lowest BCUT2D eigenvalue weighted by atomic mass is 10.0. The molecule has 0 fully saturated rings. The van der Waals surface area contributed by atoms with Gasteiger partial charge in [-0.15, -0.1) is 0 Å². The molecule has 7 nitrogen and oxygen atoms in total. The van der Waals surface area contributed by atoms with Crippen molar-refractivity contribution < 1.29 is 34.2 Å². The fraction of sp³-hybridized carbons (Fsp3) is 0.828. The molecule has 36 heavy (non-hydrogen) atoms. The third-order valence-corrected chi connectivity index (χ3v) is 7.41. The number of carbonyl (C=O) groups excluding carboxylic acids is 1. The molecule has 0 aliphatic rings. The number of aliphatic carboxylic acids is 3. The second-order valence-corrected chi connectivity index (χ2v) is 10.8. The Balaban J connectivity index is 5.05. The quantitative estimate of drug-likeness (QED) is 0.128. The van der Waals surface area contributed by atoms with Gasteiger partial charge in [0.15, 0.2) is 0 Å². The normalized spacial score (nSPS) is 15.9. The van der Waals surface area contributed by atoms with Crippen molar-refractivity contribution in [1.82, 2.24) is 0 Å². The number of hydrogen-bond donors (Lipinski definition) is 2. The Labute approximate surface area is 219 Å². The van der Waals surface area contributed by atoms with Gasteiger partial charge < -0.3 is 20.1 Å². The molecule has 0 aliphatic carbocycles. The van der Waals surface area contributed by atoms with E-state index in [1.54, 1.807) is 20.8 Å². The molecule has 210 valence electrons. The van der Waals surface area contributed by atoms with E-state index in [-0.39, 0.29) is 0 Å². The third kappa shape index (κ3) is 16.7. The first kappa shape index (κ1) is 34.1. The predicted octanol–water partition coefficient (Wildman–Crippen LogP) is 5.63. The molecule has 0 aliphatic heterocycles. The highest BCUT2D eigenvalue weighted by atomic mass is 16.4. The molecule has 0 aromatic heterocycles. The van der Waals surface area contributed by atoms with Gasteiger partial charge in [-0.1, -0.05) is 85.5 Å². The summed E-state index contributed by atoms with van der Waals surface area (Å²) in [5.41, 5.74) is 0. The van der Waals surface area contributed by atoms with Crippen LogP contribution in [0, 0.1) is 17.8 Å². The van der Waals surface area contributed by atoms with Crippen LogP contribution in [0.2, 0.25) is 0 Å². The second-order valence-electron chi connectivity index (χ2n) is 10.8. The van der Waals surface area contributed by atoms with E-state index in [0.29, 0.717) is 43.4 Å². The van der Waals surface area contributed by atoms with Gasteiger partial charge in [-0.25, -0.2) is 0 Å². The molecule has 0 saturated carbocycles. The largest absolute Gasteiger partial charge is 0.550 e. The van der Waals surface area contributed by atoms with Gasteiger partial charge >= 0.3 is 11.9 Å². The van der Waals surface area contributed by atoms with Crippen molar-refractivity contribution in [2.24, 2.45) is 17.8 Å². The summed E-state index contributed by atoms with van der Waals surface area (Å²) in [6.07, 6.45) is 19.1. The number of carboxylic acid groups (broad SMARTS) is 3. The van der Waals surface area contributed by atoms with Gasteiger partial charge in [0.2, 0.25) is 0 Å². The van der Waals surface area contributed by atoms with Crippen LogP contribution in [0.1, 0.15) is 118 Å². The van der Waals surface area contributed by atoms with Crippen molar-refractivity contribution in [1.29, 1.82) is 0 Å². The van der Waals surface area contributed by atoms with Crippen LogP contribution < -0.4 is 5.11 Å². The Bertz CT molecular complexity index is 588. The van der Waals surface area contributed by atoms with E-state index in [9.17, 15) is 29.7 Å². The maximum atomic E-state index is 11.4. The predicted molar refractivity (Wildman–Crippen MR) is 142 cm³/mol. The number of carbonyl (C=O) groups is 3. The molecule has 0 spiro atoms. The topological polar surface area (TPSA) is 115 Å². The monoisotopic (exact) mass is 511 g/mol. The fourth-order valence-electron chi connectivity index (χ4n) is 4.32. The van der Waals surface area contributed by atoms with Crippen molar-refractivity contribution in [3.05, 3.63) is 12.3 Å². The molecule has 0 radical (unpaired) electrons. The van der Waals surface area contributed by atoms with Crippen molar-refractivity contribution in [3.63, 3.8) is 0 Å². The summed E-state index contributed by atoms with van der Waals surface area (Å²) in [6.45, 7) is 8.79. The summed E-state index contributed by atoms with van der Waals surface area (Å²) < 4.78 is 0.407. The van der Waals surface area contributed by atoms with Gasteiger partial charge in [0, 0.05) is 31.1 Å². The van der Waals surface area contributed by atoms with E-state index in [1.165, 1.54) is 57.8 Å². The minimum Gasteiger partial charge on any atom is -0.550 e. The highest BCUT2D eigenvalue weighted by Crippen LogP contribution is 2.21. The van der Waals surface area contributed by atoms with Gasteiger partial charge in [-0.05, 0) is 18.9 Å². The molecule has 3 atom stereocenters. The van der Waals surface area contributed by atoms with Gasteiger partial charge in [0.05, 0.1) is 37.7 Å². The van der Waals surface area contributed by atoms with Crippen LogP contribution in [0.4, 0.5) is 0 Å². The SMILES string of the molecule is CCCCCCCCCCCC/C=C/[N+](CCC(C)C(=O)[O-])(CCC(C)C(=O)O)CCC(C)C(=O)O. The molecule has 0 aromatic rings. The van der Waals surface area contributed by atoms with Crippen LogP contribution in [0.3, 0.4) is 0 Å². The van der Waals surface area contributed by atoms with Crippen molar-refractivity contribution in [3.8, 4) is 0 Å². The molecule has 0 bridgehead atoms. The number of nitrogens with zero attached hydrogens (tertiary/aromatic N) is 1. The smallest absolute Gasteiger partial charge is 0.306 e. The maximum absolute atomic E-state index is 11.4. The molecule has 2 N–H and O–H groups in total. The van der Waals surface area contributed by atoms with Crippen molar-refractivity contribution >= 4 is 17.9 Å². The standard InChI is InChI=1S/C29H53NO6/c1-5-6-7-8-9-10-11-12-13-14-15-16-20-30(21-17-24(2)27(31)32,22-18-25(3)28(33)34)23-19-26(4)29(35)36/h16,20,24-26H,5-15,17-19,21-23H2,1-4H3,(H2-,31,32,33,34,35,36)/b20-16+. The number of unbranched alkanes of at least 4 members (excludes halogenated alkanes) is 10. The summed E-state index contributed by atoms with van der Waals surface area (Å²) >= 11 is 0. The zero-order valence-electron chi connectivity index (χ0n) is 23.4. The lowest BCUT2D eigenvalue weighted by molar-refractivity contribution is -0.881. The van der Waals surface area contributed by atoms with Crippen LogP contribution in [-0.2, 0) is 14.4 Å². The van der Waals surface area contributed by atoms with Crippen LogP contribution in [0.25, 0.3) is 0 Å². The minimum atomic E-state index is -1.10. The maximum Gasteiger partial charge on any atom is 0.306 e. The Hall–Kier alpha value is -1.89. The Morgan fingerprint density at radius 3 is 1.47 bits per heavy atom. The minimum absolute atomic E-state index is 0.397. The summed E-state index contributed by atoms with van der Waals surface area (Å²) in [7, 11) is 0. The first-order chi connectivity index (χ1) is 17.0. The summed E-state index contributed by atoms with van der Waals surface area (Å²) in [5.74, 6) is -4.47. The van der Waals surface area contributed by atoms with E-state index in [4.69, 9.17) is 0 Å². The van der Waals surface area contributed by atoms with E-state index in [1.807, 2.05) is 0 Å². The lowest BCUT2D eigenvalue weighted by Crippen LogP contribution is -2.48. The molecule has 0 amide bonds. The fourth-order valence-corrected chi connectivity index (χ4v) is 4.32. The number of quaternary nitrogens is 1. The first-order valence-electron chi connectivity index (χ1n) is 14.2. The number of hydrogen-bond acceptors (Lipinski definition) is 4. The van der Waals surface area contributed by atoms with Gasteiger partial charge in [0.1, 0.15) is 0 Å². The zero-order chi connectivity index (χ0) is 27.4. The van der Waals surface area contributed by atoms with E-state index >= 15 is 0 Å². The van der Waals surface area contributed by atoms with E-state index in [2.05, 4.69) is 19.2 Å². The molecule has 0 aromatic carbocycles. The Kier molecular flexibility index (Phi) is 19.1. The summed E-state index contributed by atoms with van der Waals surface area (Å²) in [4.78, 5) is 34.1. The zero-order valence-corrected chi connectivity index (χ0v) is 23.4. The molecule has 3 unspecified atom stereocenters. The summed E-state index contributed by atoms with van der Waals surface area (Å²) in [6, 6.07) is 0. The lowest BCUT2D eigenvalue weighted by Gasteiger charge is -2.37. The van der Waals surface area contributed by atoms with Gasteiger partial charge in [-0.2, -0.15) is 0 Å². The molecular formula is C29H53NO6. The van der Waals surface area contributed by atoms with Crippen LogP contribution in [0.15, 0.2) is 12.3 Å². The van der Waals surface area contributed by atoms with Gasteiger partial charge in [0.25, 0.3) is 0 Å². The third-order valence-electron chi connectivity index (χ3n) is 7.41. The van der Waals surface area contributed by atoms with E-state index < -0.39 is 35.7 Å². The molecular weight excluding hydrogens is 458 g/mol. The van der Waals surface area contributed by atoms with Crippen LogP contribution in [0.5, 0.6) is 0 Å². The Morgan fingerprint density at radius 2 is 1.08 bits per heavy atom. The number of allylic oxidation sites excluding steroid dienone is 1. The summed E-state index contributed by atoms with van der Waals surface area (Å²) in [5, 5.41) is 30.0. The Morgan fingerprint density at radius 1 is 0.694 bits per heavy atom. The van der Waals surface area contributed by atoms with Crippen LogP contribution >= 0.6 is 0 Å².